The maximum absolute atomic E-state index is 11.0. The van der Waals surface area contributed by atoms with Gasteiger partial charge in [-0.3, -0.25) is 4.90 Å². The number of hydrogen-bond donors (Lipinski definition) is 3. The summed E-state index contributed by atoms with van der Waals surface area (Å²) in [6.07, 6.45) is 2.30. The van der Waals surface area contributed by atoms with Crippen molar-refractivity contribution in [1.82, 2.24) is 10.2 Å². The van der Waals surface area contributed by atoms with Gasteiger partial charge in [-0.2, -0.15) is 0 Å². The van der Waals surface area contributed by atoms with Crippen molar-refractivity contribution in [2.45, 2.75) is 19.3 Å². The number of hydrogen-bond acceptors (Lipinski definition) is 3. The van der Waals surface area contributed by atoms with Crippen LogP contribution in [0.15, 0.2) is 0 Å². The molecule has 7 heteroatoms. The summed E-state index contributed by atoms with van der Waals surface area (Å²) in [6, 6.07) is 0. The second-order valence-corrected chi connectivity index (χ2v) is 5.87. The summed E-state index contributed by atoms with van der Waals surface area (Å²) in [6.45, 7) is 2.16. The van der Waals surface area contributed by atoms with Gasteiger partial charge < -0.3 is 15.0 Å². The van der Waals surface area contributed by atoms with Crippen LogP contribution in [0.1, 0.15) is 19.3 Å². The first-order chi connectivity index (χ1) is 8.03. The lowest BCUT2D eigenvalue weighted by Crippen LogP contribution is -2.46. The third-order valence-electron chi connectivity index (χ3n) is 3.93. The van der Waals surface area contributed by atoms with Crippen LogP contribution in [0.2, 0.25) is 0 Å². The standard InChI is InChI=1S/C10H18N2O4S/c13-9(14)12(7-17(15)16)6-8-5-11-4-3-10(8)1-2-10/h8,11H,1-7H2,(H,13,14)(H,15,16). The van der Waals surface area contributed by atoms with Crippen LogP contribution < -0.4 is 5.32 Å². The molecule has 2 atom stereocenters. The maximum atomic E-state index is 11.0. The van der Waals surface area contributed by atoms with Crippen molar-refractivity contribution < 1.29 is 18.7 Å². The smallest absolute Gasteiger partial charge is 0.408 e. The molecule has 98 valence electrons. The number of rotatable bonds is 4. The van der Waals surface area contributed by atoms with E-state index in [4.69, 9.17) is 9.66 Å². The molecule has 1 spiro atoms. The summed E-state index contributed by atoms with van der Waals surface area (Å²) in [5.74, 6) is -0.0436. The van der Waals surface area contributed by atoms with Crippen LogP contribution >= 0.6 is 0 Å². The lowest BCUT2D eigenvalue weighted by Gasteiger charge is -2.35. The summed E-state index contributed by atoms with van der Waals surface area (Å²) >= 11 is -2.10. The summed E-state index contributed by atoms with van der Waals surface area (Å²) in [5.41, 5.74) is 0.301. The predicted molar refractivity (Wildman–Crippen MR) is 63.0 cm³/mol. The van der Waals surface area contributed by atoms with E-state index in [1.54, 1.807) is 0 Å². The van der Waals surface area contributed by atoms with Crippen LogP contribution in [0.3, 0.4) is 0 Å². The Morgan fingerprint density at radius 2 is 2.18 bits per heavy atom. The highest BCUT2D eigenvalue weighted by atomic mass is 32.2. The van der Waals surface area contributed by atoms with Crippen molar-refractivity contribution in [2.75, 3.05) is 25.5 Å². The normalized spacial score (nSPS) is 27.7. The zero-order valence-electron chi connectivity index (χ0n) is 9.59. The Morgan fingerprint density at radius 1 is 1.47 bits per heavy atom. The van der Waals surface area contributed by atoms with Crippen LogP contribution in [0.5, 0.6) is 0 Å². The Bertz CT molecular complexity index is 332. The molecule has 0 radical (unpaired) electrons. The van der Waals surface area contributed by atoms with Gasteiger partial charge in [-0.05, 0) is 37.1 Å². The highest BCUT2D eigenvalue weighted by molar-refractivity contribution is 7.79. The third kappa shape index (κ3) is 2.97. The van der Waals surface area contributed by atoms with Gasteiger partial charge in [0.1, 0.15) is 5.88 Å². The number of nitrogens with one attached hydrogen (secondary N) is 1. The zero-order chi connectivity index (χ0) is 12.5. The Balaban J connectivity index is 1.96. The topological polar surface area (TPSA) is 89.9 Å². The molecule has 2 fully saturated rings. The fourth-order valence-electron chi connectivity index (χ4n) is 2.70. The van der Waals surface area contributed by atoms with Crippen molar-refractivity contribution in [2.24, 2.45) is 11.3 Å². The second kappa shape index (κ2) is 4.91. The van der Waals surface area contributed by atoms with Crippen LogP contribution in [0, 0.1) is 11.3 Å². The third-order valence-corrected chi connectivity index (χ3v) is 4.46. The van der Waals surface area contributed by atoms with E-state index in [0.717, 1.165) is 37.3 Å². The Labute approximate surface area is 103 Å². The highest BCUT2D eigenvalue weighted by Gasteiger charge is 2.50. The summed E-state index contributed by atoms with van der Waals surface area (Å²) in [4.78, 5) is 12.1. The molecule has 1 saturated heterocycles. The monoisotopic (exact) mass is 262 g/mol. The van der Waals surface area contributed by atoms with Crippen molar-refractivity contribution in [3.8, 4) is 0 Å². The van der Waals surface area contributed by atoms with E-state index in [9.17, 15) is 9.00 Å². The van der Waals surface area contributed by atoms with Gasteiger partial charge in [0.05, 0.1) is 0 Å². The van der Waals surface area contributed by atoms with E-state index in [1.165, 1.54) is 0 Å². The SMILES string of the molecule is O=C(O)N(CC1CNCCC12CC2)CS(=O)O. The van der Waals surface area contributed by atoms with Gasteiger partial charge in [0, 0.05) is 13.1 Å². The van der Waals surface area contributed by atoms with Gasteiger partial charge in [0.25, 0.3) is 0 Å². The molecule has 0 aromatic heterocycles. The number of amides is 1. The fraction of sp³-hybridized carbons (Fsp3) is 0.900. The average molecular weight is 262 g/mol. The van der Waals surface area contributed by atoms with Crippen LogP contribution in [0.25, 0.3) is 0 Å². The second-order valence-electron chi connectivity index (χ2n) is 4.97. The number of nitrogens with zero attached hydrogens (tertiary/aromatic N) is 1. The Kier molecular flexibility index (Phi) is 3.70. The van der Waals surface area contributed by atoms with Crippen LogP contribution in [0.4, 0.5) is 4.79 Å². The van der Waals surface area contributed by atoms with Crippen LogP contribution in [-0.4, -0.2) is 50.4 Å². The minimum Gasteiger partial charge on any atom is -0.465 e. The van der Waals surface area contributed by atoms with Gasteiger partial charge in [0.15, 0.2) is 11.1 Å². The zero-order valence-corrected chi connectivity index (χ0v) is 10.4. The summed E-state index contributed by atoms with van der Waals surface area (Å²) in [5, 5.41) is 12.3. The minimum atomic E-state index is -2.10. The van der Waals surface area contributed by atoms with Gasteiger partial charge in [-0.25, -0.2) is 9.00 Å². The van der Waals surface area contributed by atoms with Crippen LogP contribution in [-0.2, 0) is 11.1 Å². The first-order valence-corrected chi connectivity index (χ1v) is 7.07. The molecule has 2 unspecified atom stereocenters. The molecule has 0 aromatic carbocycles. The number of carboxylic acid groups (broad SMARTS) is 1. The molecular weight excluding hydrogens is 244 g/mol. The van der Waals surface area contributed by atoms with Crippen molar-refractivity contribution in [3.05, 3.63) is 0 Å². The Morgan fingerprint density at radius 3 is 2.71 bits per heavy atom. The number of piperidine rings is 1. The van der Waals surface area contributed by atoms with E-state index in [2.05, 4.69) is 5.32 Å². The predicted octanol–water partition coefficient (Wildman–Crippen LogP) is 0.535. The van der Waals surface area contributed by atoms with Gasteiger partial charge in [-0.15, -0.1) is 0 Å². The van der Waals surface area contributed by atoms with Gasteiger partial charge in [-0.1, -0.05) is 0 Å². The molecule has 17 heavy (non-hydrogen) atoms. The lowest BCUT2D eigenvalue weighted by molar-refractivity contribution is 0.123. The molecule has 1 heterocycles. The average Bonchev–Trinajstić information content (AvgIpc) is 3.00. The van der Waals surface area contributed by atoms with E-state index in [0.29, 0.717) is 12.0 Å². The van der Waals surface area contributed by atoms with Crippen molar-refractivity contribution in [1.29, 1.82) is 0 Å². The molecule has 1 aliphatic carbocycles. The van der Waals surface area contributed by atoms with Crippen molar-refractivity contribution >= 4 is 17.2 Å². The molecule has 1 aliphatic heterocycles. The lowest BCUT2D eigenvalue weighted by atomic mass is 9.83. The Hall–Kier alpha value is -0.660. The van der Waals surface area contributed by atoms with E-state index in [1.807, 2.05) is 0 Å². The first-order valence-electron chi connectivity index (χ1n) is 5.79. The fourth-order valence-corrected chi connectivity index (χ4v) is 3.18. The quantitative estimate of drug-likeness (QED) is 0.643. The molecule has 2 aliphatic rings. The van der Waals surface area contributed by atoms with Gasteiger partial charge in [0.2, 0.25) is 0 Å². The molecule has 1 amide bonds. The van der Waals surface area contributed by atoms with E-state index in [-0.39, 0.29) is 11.8 Å². The largest absolute Gasteiger partial charge is 0.465 e. The van der Waals surface area contributed by atoms with Gasteiger partial charge >= 0.3 is 6.09 Å². The molecule has 0 aromatic rings. The number of carbonyl (C=O) groups is 1. The van der Waals surface area contributed by atoms with Crippen molar-refractivity contribution in [3.63, 3.8) is 0 Å². The molecule has 0 bridgehead atoms. The maximum Gasteiger partial charge on any atom is 0.408 e. The molecule has 3 N–H and O–H groups in total. The first kappa shape index (κ1) is 12.8. The summed E-state index contributed by atoms with van der Waals surface area (Å²) in [7, 11) is 0. The highest BCUT2D eigenvalue weighted by Crippen LogP contribution is 2.55. The minimum absolute atomic E-state index is 0.274. The molecule has 2 rings (SSSR count). The molecule has 6 nitrogen and oxygen atoms in total. The summed E-state index contributed by atoms with van der Waals surface area (Å²) < 4.78 is 19.5. The molecule has 1 saturated carbocycles. The molecular formula is C10H18N2O4S. The van der Waals surface area contributed by atoms with E-state index < -0.39 is 17.2 Å². The van der Waals surface area contributed by atoms with E-state index >= 15 is 0 Å².